The molecule has 3 rings (SSSR count). The van der Waals surface area contributed by atoms with Crippen LogP contribution in [0.15, 0.2) is 47.4 Å². The van der Waals surface area contributed by atoms with E-state index in [9.17, 15) is 8.42 Å². The number of fused-ring (bicyclic) bond motifs is 1. The van der Waals surface area contributed by atoms with Crippen LogP contribution in [0.3, 0.4) is 0 Å². The highest BCUT2D eigenvalue weighted by atomic mass is 32.2. The lowest BCUT2D eigenvalue weighted by atomic mass is 10.2. The van der Waals surface area contributed by atoms with Gasteiger partial charge in [0.25, 0.3) is 0 Å². The maximum absolute atomic E-state index is 12.4. The van der Waals surface area contributed by atoms with Crippen molar-refractivity contribution in [3.8, 4) is 17.2 Å². The Balaban J connectivity index is 1.67. The van der Waals surface area contributed by atoms with Gasteiger partial charge in [-0.15, -0.1) is 0 Å². The standard InChI is InChI=1S/C17H19NO5S/c1-12-9-14(7-8-15(12)21-2)24(19,20)18-10-13-11-22-16-5-3-4-6-17(16)23-13/h3-9,13,18H,10-11H2,1-2H3/t13-/m1/s1. The zero-order valence-electron chi connectivity index (χ0n) is 13.5. The zero-order valence-corrected chi connectivity index (χ0v) is 14.3. The van der Waals surface area contributed by atoms with Crippen molar-refractivity contribution in [3.63, 3.8) is 0 Å². The Morgan fingerprint density at radius 1 is 1.21 bits per heavy atom. The fraction of sp³-hybridized carbons (Fsp3) is 0.294. The summed E-state index contributed by atoms with van der Waals surface area (Å²) in [5.74, 6) is 1.94. The van der Waals surface area contributed by atoms with Gasteiger partial charge in [0, 0.05) is 0 Å². The highest BCUT2D eigenvalue weighted by molar-refractivity contribution is 7.89. The highest BCUT2D eigenvalue weighted by Crippen LogP contribution is 2.30. The molecule has 0 aliphatic carbocycles. The second-order valence-electron chi connectivity index (χ2n) is 5.48. The van der Waals surface area contributed by atoms with Gasteiger partial charge >= 0.3 is 0 Å². The molecule has 0 amide bonds. The molecule has 6 nitrogen and oxygen atoms in total. The third-order valence-electron chi connectivity index (χ3n) is 3.75. The number of hydrogen-bond donors (Lipinski definition) is 1. The van der Waals surface area contributed by atoms with Gasteiger partial charge in [0.15, 0.2) is 11.5 Å². The molecular weight excluding hydrogens is 330 g/mol. The monoisotopic (exact) mass is 349 g/mol. The normalized spacial score (nSPS) is 16.7. The van der Waals surface area contributed by atoms with E-state index in [4.69, 9.17) is 14.2 Å². The molecule has 0 radical (unpaired) electrons. The van der Waals surface area contributed by atoms with Gasteiger partial charge in [0.1, 0.15) is 18.5 Å². The van der Waals surface area contributed by atoms with Crippen molar-refractivity contribution in [1.82, 2.24) is 4.72 Å². The molecule has 0 saturated carbocycles. The molecule has 1 heterocycles. The second-order valence-corrected chi connectivity index (χ2v) is 7.25. The van der Waals surface area contributed by atoms with Crippen LogP contribution in [-0.4, -0.2) is 34.8 Å². The minimum Gasteiger partial charge on any atom is -0.496 e. The maximum atomic E-state index is 12.4. The van der Waals surface area contributed by atoms with Crippen molar-refractivity contribution in [2.24, 2.45) is 0 Å². The van der Waals surface area contributed by atoms with Crippen molar-refractivity contribution in [1.29, 1.82) is 0 Å². The molecule has 1 atom stereocenters. The van der Waals surface area contributed by atoms with E-state index < -0.39 is 10.0 Å². The summed E-state index contributed by atoms with van der Waals surface area (Å²) >= 11 is 0. The van der Waals surface area contributed by atoms with E-state index in [2.05, 4.69) is 4.72 Å². The van der Waals surface area contributed by atoms with E-state index in [0.717, 1.165) is 5.56 Å². The molecule has 24 heavy (non-hydrogen) atoms. The van der Waals surface area contributed by atoms with Crippen LogP contribution in [0.25, 0.3) is 0 Å². The summed E-state index contributed by atoms with van der Waals surface area (Å²) in [6, 6.07) is 12.0. The van der Waals surface area contributed by atoms with Crippen LogP contribution in [0, 0.1) is 6.92 Å². The summed E-state index contributed by atoms with van der Waals surface area (Å²) < 4.78 is 43.9. The summed E-state index contributed by atoms with van der Waals surface area (Å²) in [5.41, 5.74) is 0.756. The Morgan fingerprint density at radius 2 is 1.96 bits per heavy atom. The fourth-order valence-electron chi connectivity index (χ4n) is 2.47. The minimum absolute atomic E-state index is 0.127. The van der Waals surface area contributed by atoms with E-state index in [1.54, 1.807) is 32.2 Å². The number of aryl methyl sites for hydroxylation is 1. The van der Waals surface area contributed by atoms with Crippen LogP contribution < -0.4 is 18.9 Å². The SMILES string of the molecule is COc1ccc(S(=O)(=O)NC[C@@H]2COc3ccccc3O2)cc1C. The summed E-state index contributed by atoms with van der Waals surface area (Å²) in [4.78, 5) is 0.193. The first-order valence-corrected chi connectivity index (χ1v) is 9.01. The largest absolute Gasteiger partial charge is 0.496 e. The van der Waals surface area contributed by atoms with E-state index in [1.165, 1.54) is 6.07 Å². The van der Waals surface area contributed by atoms with Crippen molar-refractivity contribution in [2.75, 3.05) is 20.3 Å². The van der Waals surface area contributed by atoms with Gasteiger partial charge in [-0.1, -0.05) is 12.1 Å². The molecule has 0 aromatic heterocycles. The molecule has 2 aromatic carbocycles. The first-order chi connectivity index (χ1) is 11.5. The van der Waals surface area contributed by atoms with Crippen LogP contribution in [0.4, 0.5) is 0 Å². The summed E-state index contributed by atoms with van der Waals surface area (Å²) in [6.07, 6.45) is -0.381. The first-order valence-electron chi connectivity index (χ1n) is 7.52. The molecule has 128 valence electrons. The molecular formula is C17H19NO5S. The quantitative estimate of drug-likeness (QED) is 0.895. The Morgan fingerprint density at radius 3 is 2.67 bits per heavy atom. The van der Waals surface area contributed by atoms with Gasteiger partial charge in [-0.3, -0.25) is 0 Å². The molecule has 1 N–H and O–H groups in total. The molecule has 0 spiro atoms. The predicted molar refractivity (Wildman–Crippen MR) is 89.3 cm³/mol. The van der Waals surface area contributed by atoms with Crippen molar-refractivity contribution in [3.05, 3.63) is 48.0 Å². The van der Waals surface area contributed by atoms with Crippen LogP contribution in [0.2, 0.25) is 0 Å². The molecule has 0 fully saturated rings. The Hall–Kier alpha value is -2.25. The summed E-state index contributed by atoms with van der Waals surface area (Å²) in [5, 5.41) is 0. The first kappa shape index (κ1) is 16.6. The van der Waals surface area contributed by atoms with Gasteiger partial charge in [-0.2, -0.15) is 0 Å². The molecule has 0 unspecified atom stereocenters. The number of benzene rings is 2. The Bertz CT molecular complexity index is 835. The Labute approximate surface area is 141 Å². The van der Waals surface area contributed by atoms with E-state index in [-0.39, 0.29) is 17.5 Å². The topological polar surface area (TPSA) is 73.9 Å². The number of rotatable bonds is 5. The van der Waals surface area contributed by atoms with E-state index in [1.807, 2.05) is 18.2 Å². The second kappa shape index (κ2) is 6.70. The Kier molecular flexibility index (Phi) is 4.64. The van der Waals surface area contributed by atoms with Crippen LogP contribution in [0.1, 0.15) is 5.56 Å². The van der Waals surface area contributed by atoms with Gasteiger partial charge < -0.3 is 14.2 Å². The average Bonchev–Trinajstić information content (AvgIpc) is 2.60. The number of nitrogens with one attached hydrogen (secondary N) is 1. The number of para-hydroxylation sites is 2. The van der Waals surface area contributed by atoms with E-state index >= 15 is 0 Å². The van der Waals surface area contributed by atoms with Gasteiger partial charge in [-0.25, -0.2) is 13.1 Å². The lowest BCUT2D eigenvalue weighted by Gasteiger charge is -2.26. The number of hydrogen-bond acceptors (Lipinski definition) is 5. The number of ether oxygens (including phenoxy) is 3. The maximum Gasteiger partial charge on any atom is 0.240 e. The lowest BCUT2D eigenvalue weighted by molar-refractivity contribution is 0.0943. The molecule has 1 aliphatic heterocycles. The molecule has 0 bridgehead atoms. The van der Waals surface area contributed by atoms with Crippen molar-refractivity contribution in [2.45, 2.75) is 17.9 Å². The highest BCUT2D eigenvalue weighted by Gasteiger charge is 2.23. The van der Waals surface area contributed by atoms with Crippen molar-refractivity contribution >= 4 is 10.0 Å². The van der Waals surface area contributed by atoms with Crippen LogP contribution in [-0.2, 0) is 10.0 Å². The molecule has 2 aromatic rings. The predicted octanol–water partition coefficient (Wildman–Crippen LogP) is 2.12. The minimum atomic E-state index is -3.63. The number of sulfonamides is 1. The zero-order chi connectivity index (χ0) is 17.2. The summed E-state index contributed by atoms with van der Waals surface area (Å²) in [6.45, 7) is 2.22. The smallest absolute Gasteiger partial charge is 0.240 e. The van der Waals surface area contributed by atoms with Crippen LogP contribution in [0.5, 0.6) is 17.2 Å². The lowest BCUT2D eigenvalue weighted by Crippen LogP contribution is -2.40. The summed E-state index contributed by atoms with van der Waals surface area (Å²) in [7, 11) is -2.08. The fourth-order valence-corrected chi connectivity index (χ4v) is 3.62. The third-order valence-corrected chi connectivity index (χ3v) is 5.17. The van der Waals surface area contributed by atoms with Gasteiger partial charge in [0.2, 0.25) is 10.0 Å². The van der Waals surface area contributed by atoms with Crippen LogP contribution >= 0.6 is 0 Å². The van der Waals surface area contributed by atoms with Gasteiger partial charge in [0.05, 0.1) is 18.6 Å². The van der Waals surface area contributed by atoms with Gasteiger partial charge in [-0.05, 0) is 42.8 Å². The third kappa shape index (κ3) is 3.47. The molecule has 0 saturated heterocycles. The molecule has 1 aliphatic rings. The van der Waals surface area contributed by atoms with E-state index in [0.29, 0.717) is 23.9 Å². The van der Waals surface area contributed by atoms with Crippen molar-refractivity contribution < 1.29 is 22.6 Å². The number of methoxy groups -OCH3 is 1. The average molecular weight is 349 g/mol. The molecule has 7 heteroatoms.